The third-order valence-electron chi connectivity index (χ3n) is 4.20. The monoisotopic (exact) mass is 317 g/mol. The van der Waals surface area contributed by atoms with E-state index in [0.717, 1.165) is 18.4 Å². The summed E-state index contributed by atoms with van der Waals surface area (Å²) in [6.45, 7) is 5.51. The lowest BCUT2D eigenvalue weighted by molar-refractivity contribution is -0.137. The highest BCUT2D eigenvalue weighted by Gasteiger charge is 2.30. The molecule has 0 aliphatic heterocycles. The first-order chi connectivity index (χ1) is 11.1. The fourth-order valence-corrected chi connectivity index (χ4v) is 2.75. The van der Waals surface area contributed by atoms with Crippen LogP contribution in [0.5, 0.6) is 0 Å². The number of nitrogens with one attached hydrogen (secondary N) is 1. The Morgan fingerprint density at radius 2 is 1.78 bits per heavy atom. The van der Waals surface area contributed by atoms with Crippen LogP contribution in [0.1, 0.15) is 38.3 Å². The molecule has 0 radical (unpaired) electrons. The zero-order valence-electron chi connectivity index (χ0n) is 14.3. The molecule has 0 aromatic heterocycles. The van der Waals surface area contributed by atoms with E-state index in [-0.39, 0.29) is 18.4 Å². The lowest BCUT2D eigenvalue weighted by Gasteiger charge is -2.31. The zero-order chi connectivity index (χ0) is 16.8. The van der Waals surface area contributed by atoms with E-state index in [4.69, 9.17) is 0 Å². The van der Waals surface area contributed by atoms with E-state index in [0.29, 0.717) is 19.1 Å². The number of nitrogens with zero attached hydrogens (tertiary/aromatic N) is 2. The van der Waals surface area contributed by atoms with Gasteiger partial charge in [-0.2, -0.15) is 0 Å². The van der Waals surface area contributed by atoms with E-state index in [1.165, 1.54) is 0 Å². The minimum atomic E-state index is -0.430. The van der Waals surface area contributed by atoms with E-state index in [1.54, 1.807) is 0 Å². The molecule has 0 bridgehead atoms. The van der Waals surface area contributed by atoms with Gasteiger partial charge in [-0.15, -0.1) is 0 Å². The molecule has 0 heterocycles. The van der Waals surface area contributed by atoms with Crippen molar-refractivity contribution in [2.45, 2.75) is 38.8 Å². The normalized spacial score (nSPS) is 15.3. The molecule has 1 aromatic carbocycles. The number of benzene rings is 1. The Morgan fingerprint density at radius 3 is 2.30 bits per heavy atom. The molecule has 0 saturated heterocycles. The van der Waals surface area contributed by atoms with Crippen LogP contribution in [0, 0.1) is 0 Å². The Morgan fingerprint density at radius 1 is 1.17 bits per heavy atom. The Kier molecular flexibility index (Phi) is 6.16. The van der Waals surface area contributed by atoms with Crippen LogP contribution in [0.2, 0.25) is 0 Å². The van der Waals surface area contributed by atoms with Crippen molar-refractivity contribution in [3.05, 3.63) is 35.9 Å². The zero-order valence-corrected chi connectivity index (χ0v) is 14.3. The molecule has 2 rings (SSSR count). The quantitative estimate of drug-likeness (QED) is 0.795. The van der Waals surface area contributed by atoms with Crippen molar-refractivity contribution in [1.82, 2.24) is 15.1 Å². The fraction of sp³-hybridized carbons (Fsp3) is 0.556. The van der Waals surface area contributed by atoms with Gasteiger partial charge in [0.05, 0.1) is 6.54 Å². The second-order valence-electron chi connectivity index (χ2n) is 6.08. The number of likely N-dealkylation sites (N-methyl/N-ethyl adjacent to an activating group) is 2. The average molecular weight is 317 g/mol. The molecule has 2 amide bonds. The van der Waals surface area contributed by atoms with Crippen LogP contribution in [0.4, 0.5) is 0 Å². The Labute approximate surface area is 138 Å². The standard InChI is InChI=1S/C18H27N3O2/c1-4-21(5-2)18(23)17(14-9-7-6-8-10-14)20(3)13-16(22)19-15-11-12-15/h6-10,15,17H,4-5,11-13H2,1-3H3,(H,19,22)/t17-/m1/s1. The van der Waals surface area contributed by atoms with Gasteiger partial charge in [0, 0.05) is 19.1 Å². The van der Waals surface area contributed by atoms with Crippen molar-refractivity contribution in [3.63, 3.8) is 0 Å². The lowest BCUT2D eigenvalue weighted by atomic mass is 10.0. The minimum absolute atomic E-state index is 0.0109. The predicted molar refractivity (Wildman–Crippen MR) is 90.9 cm³/mol. The third-order valence-corrected chi connectivity index (χ3v) is 4.20. The van der Waals surface area contributed by atoms with Crippen molar-refractivity contribution in [2.24, 2.45) is 0 Å². The summed E-state index contributed by atoms with van der Waals surface area (Å²) in [5.41, 5.74) is 0.922. The van der Waals surface area contributed by atoms with Crippen LogP contribution in [0.15, 0.2) is 30.3 Å². The summed E-state index contributed by atoms with van der Waals surface area (Å²) in [6.07, 6.45) is 2.13. The third kappa shape index (κ3) is 4.79. The summed E-state index contributed by atoms with van der Waals surface area (Å²) in [4.78, 5) is 28.7. The van der Waals surface area contributed by atoms with Gasteiger partial charge in [0.25, 0.3) is 0 Å². The van der Waals surface area contributed by atoms with Gasteiger partial charge in [0.2, 0.25) is 11.8 Å². The highest BCUT2D eigenvalue weighted by Crippen LogP contribution is 2.23. The lowest BCUT2D eigenvalue weighted by Crippen LogP contribution is -2.45. The Bertz CT molecular complexity index is 524. The number of carbonyl (C=O) groups is 2. The molecule has 0 spiro atoms. The maximum Gasteiger partial charge on any atom is 0.244 e. The van der Waals surface area contributed by atoms with Crippen molar-refractivity contribution >= 4 is 11.8 Å². The number of carbonyl (C=O) groups excluding carboxylic acids is 2. The van der Waals surface area contributed by atoms with Crippen LogP contribution in [-0.4, -0.2) is 54.3 Å². The highest BCUT2D eigenvalue weighted by molar-refractivity contribution is 5.85. The van der Waals surface area contributed by atoms with Crippen LogP contribution in [0.25, 0.3) is 0 Å². The summed E-state index contributed by atoms with van der Waals surface area (Å²) in [6, 6.07) is 9.59. The van der Waals surface area contributed by atoms with Gasteiger partial charge in [-0.05, 0) is 39.3 Å². The molecule has 1 aliphatic rings. The van der Waals surface area contributed by atoms with E-state index in [9.17, 15) is 9.59 Å². The smallest absolute Gasteiger partial charge is 0.244 e. The van der Waals surface area contributed by atoms with Crippen molar-refractivity contribution in [2.75, 3.05) is 26.7 Å². The fourth-order valence-electron chi connectivity index (χ4n) is 2.75. The average Bonchev–Trinajstić information content (AvgIpc) is 3.33. The molecule has 1 fully saturated rings. The summed E-state index contributed by atoms with van der Waals surface area (Å²) >= 11 is 0. The molecule has 1 aliphatic carbocycles. The molecule has 1 aromatic rings. The Balaban J connectivity index is 2.14. The number of hydrogen-bond acceptors (Lipinski definition) is 3. The molecule has 5 heteroatoms. The maximum absolute atomic E-state index is 12.9. The van der Waals surface area contributed by atoms with E-state index < -0.39 is 6.04 Å². The molecule has 23 heavy (non-hydrogen) atoms. The topological polar surface area (TPSA) is 52.7 Å². The largest absolute Gasteiger partial charge is 0.352 e. The predicted octanol–water partition coefficient (Wildman–Crippen LogP) is 1.81. The molecular weight excluding hydrogens is 290 g/mol. The molecule has 1 saturated carbocycles. The second kappa shape index (κ2) is 8.11. The van der Waals surface area contributed by atoms with Gasteiger partial charge in [0.1, 0.15) is 6.04 Å². The summed E-state index contributed by atoms with van der Waals surface area (Å²) in [5, 5.41) is 2.98. The van der Waals surface area contributed by atoms with Gasteiger partial charge in [-0.1, -0.05) is 30.3 Å². The van der Waals surface area contributed by atoms with Crippen LogP contribution < -0.4 is 5.32 Å². The van der Waals surface area contributed by atoms with E-state index in [1.807, 2.05) is 61.0 Å². The van der Waals surface area contributed by atoms with Gasteiger partial charge >= 0.3 is 0 Å². The van der Waals surface area contributed by atoms with Crippen molar-refractivity contribution in [3.8, 4) is 0 Å². The van der Waals surface area contributed by atoms with Gasteiger partial charge < -0.3 is 10.2 Å². The molecular formula is C18H27N3O2. The SMILES string of the molecule is CCN(CC)C(=O)[C@@H](c1ccccc1)N(C)CC(=O)NC1CC1. The highest BCUT2D eigenvalue weighted by atomic mass is 16.2. The molecule has 1 N–H and O–H groups in total. The van der Waals surface area contributed by atoms with Crippen molar-refractivity contribution in [1.29, 1.82) is 0 Å². The van der Waals surface area contributed by atoms with Crippen LogP contribution in [0.3, 0.4) is 0 Å². The van der Waals surface area contributed by atoms with Gasteiger partial charge in [-0.3, -0.25) is 14.5 Å². The van der Waals surface area contributed by atoms with Crippen LogP contribution in [-0.2, 0) is 9.59 Å². The molecule has 0 unspecified atom stereocenters. The van der Waals surface area contributed by atoms with Crippen LogP contribution >= 0.6 is 0 Å². The second-order valence-corrected chi connectivity index (χ2v) is 6.08. The van der Waals surface area contributed by atoms with Gasteiger partial charge in [0.15, 0.2) is 0 Å². The first-order valence-corrected chi connectivity index (χ1v) is 8.40. The first kappa shape index (κ1) is 17.5. The maximum atomic E-state index is 12.9. The molecule has 126 valence electrons. The summed E-state index contributed by atoms with van der Waals surface area (Å²) < 4.78 is 0. The molecule has 1 atom stereocenters. The minimum Gasteiger partial charge on any atom is -0.352 e. The van der Waals surface area contributed by atoms with Gasteiger partial charge in [-0.25, -0.2) is 0 Å². The molecule has 5 nitrogen and oxygen atoms in total. The van der Waals surface area contributed by atoms with E-state index in [2.05, 4.69) is 5.32 Å². The Hall–Kier alpha value is -1.88. The number of rotatable bonds is 8. The van der Waals surface area contributed by atoms with E-state index >= 15 is 0 Å². The summed E-state index contributed by atoms with van der Waals surface area (Å²) in [5.74, 6) is 0.0335. The van der Waals surface area contributed by atoms with Crippen molar-refractivity contribution < 1.29 is 9.59 Å². The summed E-state index contributed by atoms with van der Waals surface area (Å²) in [7, 11) is 1.84. The number of hydrogen-bond donors (Lipinski definition) is 1. The number of amides is 2. The first-order valence-electron chi connectivity index (χ1n) is 8.40.